The predicted octanol–water partition coefficient (Wildman–Crippen LogP) is 5.67. The summed E-state index contributed by atoms with van der Waals surface area (Å²) in [5, 5.41) is 7.16. The van der Waals surface area contributed by atoms with Gasteiger partial charge in [0, 0.05) is 17.0 Å². The van der Waals surface area contributed by atoms with Gasteiger partial charge in [0.25, 0.3) is 0 Å². The predicted molar refractivity (Wildman–Crippen MR) is 106 cm³/mol. The lowest BCUT2D eigenvalue weighted by molar-refractivity contribution is 1.01. The Kier molecular flexibility index (Phi) is 4.63. The van der Waals surface area contributed by atoms with Crippen LogP contribution in [-0.2, 0) is 6.42 Å². The molecule has 2 heterocycles. The molecular formula is C20H16ClN3S. The van der Waals surface area contributed by atoms with Crippen LogP contribution >= 0.6 is 22.9 Å². The molecule has 25 heavy (non-hydrogen) atoms. The number of anilines is 1. The Hall–Kier alpha value is -2.43. The summed E-state index contributed by atoms with van der Waals surface area (Å²) in [7, 11) is 0. The van der Waals surface area contributed by atoms with Gasteiger partial charge in [-0.3, -0.25) is 0 Å². The Balaban J connectivity index is 1.66. The number of benzene rings is 2. The Bertz CT molecular complexity index is 985. The quantitative estimate of drug-likeness (QED) is 0.495. The summed E-state index contributed by atoms with van der Waals surface area (Å²) in [6, 6.07) is 20.2. The average molecular weight is 366 g/mol. The number of nitrogens with one attached hydrogen (secondary N) is 1. The van der Waals surface area contributed by atoms with E-state index in [2.05, 4.69) is 34.6 Å². The molecule has 3 nitrogen and oxygen atoms in total. The normalized spacial score (nSPS) is 10.9. The van der Waals surface area contributed by atoms with Crippen LogP contribution < -0.4 is 5.32 Å². The lowest BCUT2D eigenvalue weighted by Crippen LogP contribution is -2.08. The molecule has 0 unspecified atom stereocenters. The molecule has 0 atom stereocenters. The van der Waals surface area contributed by atoms with Gasteiger partial charge in [0.05, 0.1) is 10.4 Å². The van der Waals surface area contributed by atoms with Crippen molar-refractivity contribution in [1.82, 2.24) is 9.97 Å². The minimum atomic E-state index is 0.679. The first-order valence-corrected chi connectivity index (χ1v) is 9.34. The molecule has 4 aromatic rings. The van der Waals surface area contributed by atoms with Gasteiger partial charge in [-0.25, -0.2) is 9.97 Å². The molecule has 0 amide bonds. The fourth-order valence-electron chi connectivity index (χ4n) is 2.72. The molecule has 0 fully saturated rings. The summed E-state index contributed by atoms with van der Waals surface area (Å²) in [4.78, 5) is 10.5. The van der Waals surface area contributed by atoms with Crippen molar-refractivity contribution in [2.45, 2.75) is 6.42 Å². The maximum absolute atomic E-state index is 6.15. The van der Waals surface area contributed by atoms with E-state index in [0.29, 0.717) is 5.02 Å². The Morgan fingerprint density at radius 2 is 1.84 bits per heavy atom. The zero-order valence-corrected chi connectivity index (χ0v) is 15.0. The maximum Gasteiger partial charge on any atom is 0.172 e. The SMILES string of the molecule is Clc1ccc2c(NCCc3ccccc3)nc(-c3cccs3)nc2c1. The van der Waals surface area contributed by atoms with Crippen molar-refractivity contribution in [1.29, 1.82) is 0 Å². The maximum atomic E-state index is 6.15. The summed E-state index contributed by atoms with van der Waals surface area (Å²) in [6.07, 6.45) is 0.939. The minimum Gasteiger partial charge on any atom is -0.369 e. The molecule has 2 aromatic heterocycles. The van der Waals surface area contributed by atoms with Crippen LogP contribution in [0, 0.1) is 0 Å². The van der Waals surface area contributed by atoms with Gasteiger partial charge in [-0.05, 0) is 41.6 Å². The largest absolute Gasteiger partial charge is 0.369 e. The molecule has 2 aromatic carbocycles. The highest BCUT2D eigenvalue weighted by atomic mass is 35.5. The smallest absolute Gasteiger partial charge is 0.172 e. The van der Waals surface area contributed by atoms with E-state index in [1.807, 2.05) is 41.8 Å². The van der Waals surface area contributed by atoms with Crippen molar-refractivity contribution in [2.75, 3.05) is 11.9 Å². The van der Waals surface area contributed by atoms with Gasteiger partial charge in [0.1, 0.15) is 5.82 Å². The number of hydrogen-bond acceptors (Lipinski definition) is 4. The summed E-state index contributed by atoms with van der Waals surface area (Å²) in [5.74, 6) is 1.58. The summed E-state index contributed by atoms with van der Waals surface area (Å²) < 4.78 is 0. The van der Waals surface area contributed by atoms with Gasteiger partial charge >= 0.3 is 0 Å². The summed E-state index contributed by atoms with van der Waals surface area (Å²) in [6.45, 7) is 0.808. The second-order valence-corrected chi connectivity index (χ2v) is 7.08. The number of nitrogens with zero attached hydrogens (tertiary/aromatic N) is 2. The molecule has 5 heteroatoms. The number of thiophene rings is 1. The van der Waals surface area contributed by atoms with Crippen LogP contribution in [0.15, 0.2) is 66.0 Å². The van der Waals surface area contributed by atoms with Gasteiger partial charge in [0.15, 0.2) is 5.82 Å². The van der Waals surface area contributed by atoms with Gasteiger partial charge in [-0.2, -0.15) is 0 Å². The molecule has 4 rings (SSSR count). The molecule has 0 aliphatic rings. The third kappa shape index (κ3) is 3.65. The van der Waals surface area contributed by atoms with Crippen molar-refractivity contribution in [2.24, 2.45) is 0 Å². The first kappa shape index (κ1) is 16.1. The van der Waals surface area contributed by atoms with Crippen molar-refractivity contribution in [3.8, 4) is 10.7 Å². The van der Waals surface area contributed by atoms with E-state index in [1.54, 1.807) is 11.3 Å². The van der Waals surface area contributed by atoms with Gasteiger partial charge in [0.2, 0.25) is 0 Å². The molecule has 0 saturated heterocycles. The Morgan fingerprint density at radius 3 is 2.64 bits per heavy atom. The average Bonchev–Trinajstić information content (AvgIpc) is 3.17. The molecule has 0 radical (unpaired) electrons. The van der Waals surface area contributed by atoms with Crippen molar-refractivity contribution in [3.63, 3.8) is 0 Å². The third-order valence-corrected chi connectivity index (χ3v) is 5.05. The topological polar surface area (TPSA) is 37.8 Å². The van der Waals surface area contributed by atoms with E-state index in [4.69, 9.17) is 16.6 Å². The second-order valence-electron chi connectivity index (χ2n) is 5.70. The summed E-state index contributed by atoms with van der Waals surface area (Å²) in [5.41, 5.74) is 2.16. The molecule has 0 bridgehead atoms. The van der Waals surface area contributed by atoms with Crippen molar-refractivity contribution in [3.05, 3.63) is 76.6 Å². The van der Waals surface area contributed by atoms with Crippen LogP contribution in [0.5, 0.6) is 0 Å². The number of fused-ring (bicyclic) bond motifs is 1. The van der Waals surface area contributed by atoms with E-state index >= 15 is 0 Å². The molecule has 1 N–H and O–H groups in total. The Labute approximate surface area is 155 Å². The third-order valence-electron chi connectivity index (χ3n) is 3.95. The van der Waals surface area contributed by atoms with Crippen LogP contribution in [0.25, 0.3) is 21.6 Å². The monoisotopic (exact) mass is 365 g/mol. The standard InChI is InChI=1S/C20H16ClN3S/c21-15-8-9-16-17(13-15)23-20(18-7-4-12-25-18)24-19(16)22-11-10-14-5-2-1-3-6-14/h1-9,12-13H,10-11H2,(H,22,23,24). The lowest BCUT2D eigenvalue weighted by Gasteiger charge is -2.11. The van der Waals surface area contributed by atoms with Gasteiger partial charge in [-0.1, -0.05) is 48.0 Å². The number of rotatable bonds is 5. The first-order valence-electron chi connectivity index (χ1n) is 8.08. The molecule has 0 aliphatic carbocycles. The highest BCUT2D eigenvalue weighted by Crippen LogP contribution is 2.29. The van der Waals surface area contributed by atoms with Crippen LogP contribution in [0.3, 0.4) is 0 Å². The first-order chi connectivity index (χ1) is 12.3. The lowest BCUT2D eigenvalue weighted by atomic mass is 10.1. The molecular weight excluding hydrogens is 350 g/mol. The van der Waals surface area contributed by atoms with Crippen molar-refractivity contribution < 1.29 is 0 Å². The number of hydrogen-bond donors (Lipinski definition) is 1. The number of halogens is 1. The van der Waals surface area contributed by atoms with Gasteiger partial charge < -0.3 is 5.32 Å². The van der Waals surface area contributed by atoms with Crippen LogP contribution in [0.2, 0.25) is 5.02 Å². The van der Waals surface area contributed by atoms with Crippen molar-refractivity contribution >= 4 is 39.7 Å². The highest BCUT2D eigenvalue weighted by molar-refractivity contribution is 7.13. The van der Waals surface area contributed by atoms with Crippen LogP contribution in [-0.4, -0.2) is 16.5 Å². The second kappa shape index (κ2) is 7.21. The Morgan fingerprint density at radius 1 is 0.960 bits per heavy atom. The minimum absolute atomic E-state index is 0.679. The molecule has 0 spiro atoms. The van der Waals surface area contributed by atoms with E-state index in [9.17, 15) is 0 Å². The van der Waals surface area contributed by atoms with E-state index in [-0.39, 0.29) is 0 Å². The zero-order chi connectivity index (χ0) is 17.1. The summed E-state index contributed by atoms with van der Waals surface area (Å²) >= 11 is 7.79. The molecule has 0 saturated carbocycles. The molecule has 124 valence electrons. The number of aromatic nitrogens is 2. The van der Waals surface area contributed by atoms with E-state index < -0.39 is 0 Å². The highest BCUT2D eigenvalue weighted by Gasteiger charge is 2.10. The zero-order valence-electron chi connectivity index (χ0n) is 13.4. The van der Waals surface area contributed by atoms with Gasteiger partial charge in [-0.15, -0.1) is 11.3 Å². The van der Waals surface area contributed by atoms with E-state index in [1.165, 1.54) is 5.56 Å². The fraction of sp³-hybridized carbons (Fsp3) is 0.100. The van der Waals surface area contributed by atoms with E-state index in [0.717, 1.165) is 40.4 Å². The fourth-order valence-corrected chi connectivity index (χ4v) is 3.55. The molecule has 0 aliphatic heterocycles. The van der Waals surface area contributed by atoms with Crippen LogP contribution in [0.1, 0.15) is 5.56 Å². The van der Waals surface area contributed by atoms with Crippen LogP contribution in [0.4, 0.5) is 5.82 Å².